The number of aliphatic hydroxyl groups is 1. The van der Waals surface area contributed by atoms with Crippen LogP contribution in [-0.4, -0.2) is 24.7 Å². The van der Waals surface area contributed by atoms with Crippen molar-refractivity contribution < 1.29 is 14.6 Å². The van der Waals surface area contributed by atoms with Gasteiger partial charge in [0.1, 0.15) is 0 Å². The summed E-state index contributed by atoms with van der Waals surface area (Å²) in [6.07, 6.45) is -0.752. The lowest BCUT2D eigenvalue weighted by Gasteiger charge is -2.24. The number of methoxy groups -OCH3 is 1. The van der Waals surface area contributed by atoms with E-state index in [1.165, 1.54) is 7.11 Å². The second-order valence-corrected chi connectivity index (χ2v) is 4.70. The first kappa shape index (κ1) is 15.2. The Bertz CT molecular complexity index is 557. The van der Waals surface area contributed by atoms with E-state index in [9.17, 15) is 9.90 Å². The highest BCUT2D eigenvalue weighted by molar-refractivity contribution is 5.71. The van der Waals surface area contributed by atoms with Gasteiger partial charge in [0.25, 0.3) is 0 Å². The second kappa shape index (κ2) is 7.57. The van der Waals surface area contributed by atoms with E-state index in [2.05, 4.69) is 10.1 Å². The van der Waals surface area contributed by atoms with Gasteiger partial charge in [-0.3, -0.25) is 10.1 Å². The number of rotatable bonds is 6. The predicted molar refractivity (Wildman–Crippen MR) is 80.6 cm³/mol. The Morgan fingerprint density at radius 2 is 1.57 bits per heavy atom. The topological polar surface area (TPSA) is 58.6 Å². The van der Waals surface area contributed by atoms with Gasteiger partial charge >= 0.3 is 5.97 Å². The van der Waals surface area contributed by atoms with E-state index in [4.69, 9.17) is 0 Å². The maximum absolute atomic E-state index is 11.3. The number of carbonyl (C=O) groups is 1. The van der Waals surface area contributed by atoms with Crippen molar-refractivity contribution in [3.05, 3.63) is 71.8 Å². The highest BCUT2D eigenvalue weighted by Gasteiger charge is 2.23. The van der Waals surface area contributed by atoms with E-state index in [1.807, 2.05) is 60.7 Å². The minimum Gasteiger partial charge on any atom is -0.468 e. The molecule has 0 spiro atoms. The van der Waals surface area contributed by atoms with Gasteiger partial charge in [-0.2, -0.15) is 0 Å². The van der Waals surface area contributed by atoms with Crippen LogP contribution in [0.25, 0.3) is 0 Å². The first-order valence-corrected chi connectivity index (χ1v) is 6.80. The third-order valence-electron chi connectivity index (χ3n) is 3.31. The van der Waals surface area contributed by atoms with Crippen LogP contribution in [0, 0.1) is 0 Å². The lowest BCUT2D eigenvalue weighted by atomic mass is 9.96. The minimum atomic E-state index is -0.752. The number of esters is 1. The monoisotopic (exact) mass is 285 g/mol. The van der Waals surface area contributed by atoms with Gasteiger partial charge in [-0.25, -0.2) is 0 Å². The molecule has 0 aliphatic rings. The van der Waals surface area contributed by atoms with Gasteiger partial charge in [0, 0.05) is 0 Å². The van der Waals surface area contributed by atoms with Crippen molar-refractivity contribution in [2.75, 3.05) is 13.7 Å². The zero-order chi connectivity index (χ0) is 15.1. The summed E-state index contributed by atoms with van der Waals surface area (Å²) in [7, 11) is 1.34. The van der Waals surface area contributed by atoms with Crippen LogP contribution in [0.4, 0.5) is 0 Å². The van der Waals surface area contributed by atoms with Gasteiger partial charge in [-0.05, 0) is 11.1 Å². The van der Waals surface area contributed by atoms with Crippen LogP contribution in [0.3, 0.4) is 0 Å². The number of aliphatic hydroxyl groups excluding tert-OH is 1. The summed E-state index contributed by atoms with van der Waals surface area (Å²) in [5, 5.41) is 13.7. The van der Waals surface area contributed by atoms with Crippen molar-refractivity contribution >= 4 is 5.97 Å². The smallest absolute Gasteiger partial charge is 0.319 e. The molecular weight excluding hydrogens is 266 g/mol. The van der Waals surface area contributed by atoms with Crippen molar-refractivity contribution in [2.24, 2.45) is 0 Å². The number of hydrogen-bond donors (Lipinski definition) is 2. The number of nitrogens with one attached hydrogen (secondary N) is 1. The van der Waals surface area contributed by atoms with E-state index < -0.39 is 6.10 Å². The zero-order valence-electron chi connectivity index (χ0n) is 11.9. The average molecular weight is 285 g/mol. The molecular formula is C17H19NO3. The fourth-order valence-corrected chi connectivity index (χ4v) is 2.18. The Morgan fingerprint density at radius 1 is 1.05 bits per heavy atom. The number of ether oxygens (including phenoxy) is 1. The van der Waals surface area contributed by atoms with E-state index in [0.29, 0.717) is 0 Å². The highest BCUT2D eigenvalue weighted by atomic mass is 16.5. The average Bonchev–Trinajstić information content (AvgIpc) is 2.56. The third kappa shape index (κ3) is 4.15. The molecule has 0 heterocycles. The summed E-state index contributed by atoms with van der Waals surface area (Å²) in [5.41, 5.74) is 1.71. The minimum absolute atomic E-state index is 0.0416. The van der Waals surface area contributed by atoms with Gasteiger partial charge in [0.2, 0.25) is 0 Å². The molecule has 21 heavy (non-hydrogen) atoms. The Hall–Kier alpha value is -2.17. The van der Waals surface area contributed by atoms with E-state index >= 15 is 0 Å². The Labute approximate surface area is 124 Å². The maximum Gasteiger partial charge on any atom is 0.319 e. The second-order valence-electron chi connectivity index (χ2n) is 4.70. The highest BCUT2D eigenvalue weighted by Crippen LogP contribution is 2.28. The predicted octanol–water partition coefficient (Wildman–Crippen LogP) is 2.22. The molecule has 2 N–H and O–H groups in total. The first-order valence-electron chi connectivity index (χ1n) is 6.80. The van der Waals surface area contributed by atoms with Gasteiger partial charge in [-0.15, -0.1) is 0 Å². The molecule has 0 fully saturated rings. The SMILES string of the molecule is COC(=O)CN[C@@H](c1ccccc1)[C@H](O)c1ccccc1. The summed E-state index contributed by atoms with van der Waals surface area (Å²) in [4.78, 5) is 11.3. The number of carbonyl (C=O) groups excluding carboxylic acids is 1. The molecule has 110 valence electrons. The zero-order valence-corrected chi connectivity index (χ0v) is 11.9. The van der Waals surface area contributed by atoms with E-state index in [0.717, 1.165) is 11.1 Å². The number of hydrogen-bond acceptors (Lipinski definition) is 4. The van der Waals surface area contributed by atoms with Gasteiger partial charge in [0.15, 0.2) is 0 Å². The third-order valence-corrected chi connectivity index (χ3v) is 3.31. The molecule has 0 aliphatic heterocycles. The summed E-state index contributed by atoms with van der Waals surface area (Å²) in [6.45, 7) is 0.0416. The van der Waals surface area contributed by atoms with Crippen LogP contribution in [0.1, 0.15) is 23.3 Å². The molecule has 0 saturated heterocycles. The molecule has 0 saturated carbocycles. The Kier molecular flexibility index (Phi) is 5.49. The lowest BCUT2D eigenvalue weighted by molar-refractivity contribution is -0.139. The van der Waals surface area contributed by atoms with E-state index in [1.54, 1.807) is 0 Å². The van der Waals surface area contributed by atoms with Crippen molar-refractivity contribution in [3.63, 3.8) is 0 Å². The van der Waals surface area contributed by atoms with Crippen LogP contribution >= 0.6 is 0 Å². The largest absolute Gasteiger partial charge is 0.468 e. The van der Waals surface area contributed by atoms with Crippen LogP contribution in [-0.2, 0) is 9.53 Å². The Morgan fingerprint density at radius 3 is 2.10 bits per heavy atom. The molecule has 0 aliphatic carbocycles. The molecule has 2 rings (SSSR count). The molecule has 0 amide bonds. The van der Waals surface area contributed by atoms with Crippen molar-refractivity contribution in [3.8, 4) is 0 Å². The summed E-state index contributed by atoms with van der Waals surface area (Å²) in [6, 6.07) is 18.5. The molecule has 0 bridgehead atoms. The lowest BCUT2D eigenvalue weighted by Crippen LogP contribution is -2.32. The molecule has 2 aromatic rings. The Balaban J connectivity index is 2.21. The van der Waals surface area contributed by atoms with Crippen molar-refractivity contribution in [1.82, 2.24) is 5.32 Å². The molecule has 0 unspecified atom stereocenters. The van der Waals surface area contributed by atoms with Crippen LogP contribution in [0.15, 0.2) is 60.7 Å². The van der Waals surface area contributed by atoms with Crippen molar-refractivity contribution in [2.45, 2.75) is 12.1 Å². The fourth-order valence-electron chi connectivity index (χ4n) is 2.18. The van der Waals surface area contributed by atoms with Gasteiger partial charge in [0.05, 0.1) is 25.8 Å². The van der Waals surface area contributed by atoms with Gasteiger partial charge < -0.3 is 9.84 Å². The molecule has 0 aromatic heterocycles. The molecule has 4 nitrogen and oxygen atoms in total. The quantitative estimate of drug-likeness (QED) is 0.799. The molecule has 0 radical (unpaired) electrons. The molecule has 2 aromatic carbocycles. The maximum atomic E-state index is 11.3. The molecule has 4 heteroatoms. The summed E-state index contributed by atoms with van der Waals surface area (Å²) in [5.74, 6) is -0.365. The first-order chi connectivity index (χ1) is 10.2. The normalized spacial score (nSPS) is 13.4. The van der Waals surface area contributed by atoms with Crippen LogP contribution in [0.2, 0.25) is 0 Å². The summed E-state index contributed by atoms with van der Waals surface area (Å²) >= 11 is 0. The van der Waals surface area contributed by atoms with Gasteiger partial charge in [-0.1, -0.05) is 60.7 Å². The van der Waals surface area contributed by atoms with Crippen molar-refractivity contribution in [1.29, 1.82) is 0 Å². The number of benzene rings is 2. The fraction of sp³-hybridized carbons (Fsp3) is 0.235. The standard InChI is InChI=1S/C17H19NO3/c1-21-15(19)12-18-16(13-8-4-2-5-9-13)17(20)14-10-6-3-7-11-14/h2-11,16-18,20H,12H2,1H3/t16-,17+/m0/s1. The molecule has 2 atom stereocenters. The summed E-state index contributed by atoms with van der Waals surface area (Å²) < 4.78 is 4.64. The van der Waals surface area contributed by atoms with Crippen LogP contribution in [0.5, 0.6) is 0 Å². The van der Waals surface area contributed by atoms with E-state index in [-0.39, 0.29) is 18.6 Å². The van der Waals surface area contributed by atoms with Crippen LogP contribution < -0.4 is 5.32 Å².